The van der Waals surface area contributed by atoms with Crippen LogP contribution in [0.5, 0.6) is 0 Å². The summed E-state index contributed by atoms with van der Waals surface area (Å²) >= 11 is 0. The van der Waals surface area contributed by atoms with Crippen molar-refractivity contribution >= 4 is 14.2 Å². The third kappa shape index (κ3) is 2.30. The van der Waals surface area contributed by atoms with Crippen LogP contribution in [0.15, 0.2) is 24.4 Å². The number of amides is 1. The second-order valence-corrected chi connectivity index (χ2v) is 9.35. The monoisotopic (exact) mass is 236 g/mol. The fraction of sp³-hybridized carbons (Fsp3) is 0.455. The minimum Gasteiger partial charge on any atom is -0.404 e. The highest BCUT2D eigenvalue weighted by atomic mass is 28.4. The lowest BCUT2D eigenvalue weighted by molar-refractivity contribution is -0.141. The summed E-state index contributed by atoms with van der Waals surface area (Å²) in [6.45, 7) is 6.23. The Morgan fingerprint density at radius 1 is 1.38 bits per heavy atom. The summed E-state index contributed by atoms with van der Waals surface area (Å²) in [4.78, 5) is 15.7. The quantitative estimate of drug-likeness (QED) is 0.639. The molecule has 0 aromatic carbocycles. The average molecular weight is 236 g/mol. The molecule has 1 aromatic heterocycles. The van der Waals surface area contributed by atoms with Crippen molar-refractivity contribution in [1.82, 2.24) is 10.3 Å². The van der Waals surface area contributed by atoms with Gasteiger partial charge in [-0.15, -0.1) is 0 Å². The SMILES string of the molecule is C[Si](C)(C)OC1C(=O)NC1c1ccccn1. The van der Waals surface area contributed by atoms with E-state index in [4.69, 9.17) is 4.43 Å². The Kier molecular flexibility index (Phi) is 2.81. The molecule has 1 saturated heterocycles. The average Bonchev–Trinajstić information content (AvgIpc) is 2.23. The largest absolute Gasteiger partial charge is 0.404 e. The van der Waals surface area contributed by atoms with Gasteiger partial charge in [-0.1, -0.05) is 6.07 Å². The number of hydrogen-bond donors (Lipinski definition) is 1. The van der Waals surface area contributed by atoms with Gasteiger partial charge in [0.2, 0.25) is 0 Å². The lowest BCUT2D eigenvalue weighted by atomic mass is 9.98. The lowest BCUT2D eigenvalue weighted by Gasteiger charge is -2.39. The van der Waals surface area contributed by atoms with Crippen molar-refractivity contribution in [3.8, 4) is 0 Å². The van der Waals surface area contributed by atoms with Gasteiger partial charge in [0.05, 0.1) is 5.69 Å². The molecule has 1 amide bonds. The molecular formula is C11H16N2O2Si. The Labute approximate surface area is 96.2 Å². The molecule has 0 spiro atoms. The lowest BCUT2D eigenvalue weighted by Crippen LogP contribution is -2.60. The number of rotatable bonds is 3. The van der Waals surface area contributed by atoms with E-state index in [1.54, 1.807) is 6.20 Å². The molecule has 1 aliphatic rings. The Bertz CT molecular complexity index is 389. The van der Waals surface area contributed by atoms with E-state index in [0.717, 1.165) is 5.69 Å². The molecule has 2 heterocycles. The van der Waals surface area contributed by atoms with Crippen molar-refractivity contribution in [2.45, 2.75) is 31.8 Å². The van der Waals surface area contributed by atoms with E-state index in [1.165, 1.54) is 0 Å². The molecule has 0 radical (unpaired) electrons. The number of pyridine rings is 1. The number of carbonyl (C=O) groups is 1. The van der Waals surface area contributed by atoms with Gasteiger partial charge in [-0.3, -0.25) is 9.78 Å². The van der Waals surface area contributed by atoms with E-state index in [0.29, 0.717) is 0 Å². The van der Waals surface area contributed by atoms with Crippen molar-refractivity contribution < 1.29 is 9.22 Å². The van der Waals surface area contributed by atoms with Crippen LogP contribution in [-0.2, 0) is 9.22 Å². The first-order chi connectivity index (χ1) is 7.47. The standard InChI is InChI=1S/C11H16N2O2Si/c1-16(2,3)15-10-9(13-11(10)14)8-6-4-5-7-12-8/h4-7,9-10H,1-3H3,(H,13,14). The number of aromatic nitrogens is 1. The summed E-state index contributed by atoms with van der Waals surface area (Å²) in [5.74, 6) is -0.0296. The molecule has 1 fully saturated rings. The number of nitrogens with one attached hydrogen (secondary N) is 1. The van der Waals surface area contributed by atoms with Gasteiger partial charge in [0.1, 0.15) is 6.04 Å². The summed E-state index contributed by atoms with van der Waals surface area (Å²) in [6, 6.07) is 5.60. The van der Waals surface area contributed by atoms with E-state index in [-0.39, 0.29) is 18.1 Å². The van der Waals surface area contributed by atoms with E-state index < -0.39 is 8.32 Å². The molecule has 1 aliphatic heterocycles. The maximum atomic E-state index is 11.5. The molecule has 2 unspecified atom stereocenters. The van der Waals surface area contributed by atoms with Crippen LogP contribution in [0.3, 0.4) is 0 Å². The fourth-order valence-electron chi connectivity index (χ4n) is 1.66. The van der Waals surface area contributed by atoms with Gasteiger partial charge in [-0.2, -0.15) is 0 Å². The molecule has 2 rings (SSSR count). The van der Waals surface area contributed by atoms with Gasteiger partial charge in [-0.25, -0.2) is 0 Å². The van der Waals surface area contributed by atoms with Gasteiger partial charge >= 0.3 is 0 Å². The van der Waals surface area contributed by atoms with E-state index >= 15 is 0 Å². The van der Waals surface area contributed by atoms with E-state index in [1.807, 2.05) is 18.2 Å². The summed E-state index contributed by atoms with van der Waals surface area (Å²) in [5.41, 5.74) is 0.866. The van der Waals surface area contributed by atoms with Crippen molar-refractivity contribution in [3.63, 3.8) is 0 Å². The zero-order valence-electron chi connectivity index (χ0n) is 9.73. The van der Waals surface area contributed by atoms with E-state index in [2.05, 4.69) is 29.9 Å². The highest BCUT2D eigenvalue weighted by molar-refractivity contribution is 6.70. The number of β-lactam (4-membered cyclic amide) rings is 1. The van der Waals surface area contributed by atoms with Gasteiger partial charge in [0.25, 0.3) is 5.91 Å². The van der Waals surface area contributed by atoms with Crippen molar-refractivity contribution in [3.05, 3.63) is 30.1 Å². The first kappa shape index (κ1) is 11.3. The fourth-order valence-corrected chi connectivity index (χ4v) is 2.66. The Hall–Kier alpha value is -1.20. The summed E-state index contributed by atoms with van der Waals surface area (Å²) in [7, 11) is -1.70. The van der Waals surface area contributed by atoms with Crippen LogP contribution in [0.25, 0.3) is 0 Å². The zero-order chi connectivity index (χ0) is 11.8. The molecule has 1 aromatic rings. The highest BCUT2D eigenvalue weighted by Gasteiger charge is 2.44. The third-order valence-corrected chi connectivity index (χ3v) is 3.31. The van der Waals surface area contributed by atoms with Crippen LogP contribution in [0.4, 0.5) is 0 Å². The van der Waals surface area contributed by atoms with Crippen LogP contribution >= 0.6 is 0 Å². The number of nitrogens with zero attached hydrogens (tertiary/aromatic N) is 1. The molecular weight excluding hydrogens is 220 g/mol. The highest BCUT2D eigenvalue weighted by Crippen LogP contribution is 2.27. The molecule has 0 saturated carbocycles. The molecule has 86 valence electrons. The predicted octanol–water partition coefficient (Wildman–Crippen LogP) is 1.47. The molecule has 0 bridgehead atoms. The summed E-state index contributed by atoms with van der Waals surface area (Å²) in [6.07, 6.45) is 1.37. The molecule has 4 nitrogen and oxygen atoms in total. The third-order valence-electron chi connectivity index (χ3n) is 2.35. The van der Waals surface area contributed by atoms with Crippen molar-refractivity contribution in [2.75, 3.05) is 0 Å². The second kappa shape index (κ2) is 3.99. The topological polar surface area (TPSA) is 51.2 Å². The van der Waals surface area contributed by atoms with Crippen LogP contribution in [0.1, 0.15) is 11.7 Å². The summed E-state index contributed by atoms with van der Waals surface area (Å²) < 4.78 is 5.84. The van der Waals surface area contributed by atoms with Gasteiger partial charge in [0.15, 0.2) is 14.4 Å². The van der Waals surface area contributed by atoms with Crippen LogP contribution in [0, 0.1) is 0 Å². The van der Waals surface area contributed by atoms with E-state index in [9.17, 15) is 4.79 Å². The first-order valence-corrected chi connectivity index (χ1v) is 8.77. The maximum Gasteiger partial charge on any atom is 0.251 e. The Morgan fingerprint density at radius 3 is 2.62 bits per heavy atom. The van der Waals surface area contributed by atoms with Crippen LogP contribution < -0.4 is 5.32 Å². The number of carbonyl (C=O) groups excluding carboxylic acids is 1. The zero-order valence-corrected chi connectivity index (χ0v) is 10.7. The summed E-state index contributed by atoms with van der Waals surface area (Å²) in [5, 5.41) is 2.83. The number of hydrogen-bond acceptors (Lipinski definition) is 3. The Morgan fingerprint density at radius 2 is 2.12 bits per heavy atom. The second-order valence-electron chi connectivity index (χ2n) is 4.89. The molecule has 5 heteroatoms. The van der Waals surface area contributed by atoms with Gasteiger partial charge < -0.3 is 9.74 Å². The first-order valence-electron chi connectivity index (χ1n) is 5.36. The smallest absolute Gasteiger partial charge is 0.251 e. The molecule has 2 atom stereocenters. The minimum absolute atomic E-state index is 0.0296. The van der Waals surface area contributed by atoms with Crippen LogP contribution in [-0.4, -0.2) is 25.3 Å². The van der Waals surface area contributed by atoms with Gasteiger partial charge in [0, 0.05) is 6.20 Å². The van der Waals surface area contributed by atoms with Crippen LogP contribution in [0.2, 0.25) is 19.6 Å². The normalized spacial score (nSPS) is 24.8. The predicted molar refractivity (Wildman–Crippen MR) is 63.3 cm³/mol. The Balaban J connectivity index is 2.11. The van der Waals surface area contributed by atoms with Crippen molar-refractivity contribution in [1.29, 1.82) is 0 Å². The van der Waals surface area contributed by atoms with Gasteiger partial charge in [-0.05, 0) is 31.8 Å². The minimum atomic E-state index is -1.70. The molecule has 1 N–H and O–H groups in total. The molecule has 16 heavy (non-hydrogen) atoms. The molecule has 0 aliphatic carbocycles. The van der Waals surface area contributed by atoms with Crippen molar-refractivity contribution in [2.24, 2.45) is 0 Å². The maximum absolute atomic E-state index is 11.5.